The molecule has 96 valence electrons. The third-order valence-corrected chi connectivity index (χ3v) is 2.69. The van der Waals surface area contributed by atoms with Crippen LogP contribution in [0.4, 0.5) is 0 Å². The molecule has 6 nitrogen and oxygen atoms in total. The van der Waals surface area contributed by atoms with Crippen LogP contribution in [0.25, 0.3) is 0 Å². The molecule has 0 saturated carbocycles. The van der Waals surface area contributed by atoms with Crippen molar-refractivity contribution in [1.82, 2.24) is 5.32 Å². The third-order valence-electron chi connectivity index (χ3n) is 2.69. The average Bonchev–Trinajstić information content (AvgIpc) is 2.82. The standard InChI is InChI=1S/C12H13NO5/c14-9(12(16)17)6-13-11(15)8-1-2-10-7(5-8)3-4-18-10/h1-2,5,9,14H,3-4,6H2,(H,13,15)(H,16,17)/t9-/m0/s1. The maximum Gasteiger partial charge on any atom is 0.334 e. The molecule has 1 aliphatic rings. The second-order valence-electron chi connectivity index (χ2n) is 3.99. The van der Waals surface area contributed by atoms with E-state index in [1.807, 2.05) is 0 Å². The van der Waals surface area contributed by atoms with Crippen LogP contribution in [0.5, 0.6) is 5.75 Å². The van der Waals surface area contributed by atoms with E-state index in [1.165, 1.54) is 0 Å². The summed E-state index contributed by atoms with van der Waals surface area (Å²) in [6.07, 6.45) is -0.833. The molecule has 0 radical (unpaired) electrons. The highest BCUT2D eigenvalue weighted by molar-refractivity contribution is 5.94. The summed E-state index contributed by atoms with van der Waals surface area (Å²) >= 11 is 0. The Morgan fingerprint density at radius 1 is 1.44 bits per heavy atom. The minimum atomic E-state index is -1.59. The number of aliphatic carboxylic acids is 1. The molecule has 18 heavy (non-hydrogen) atoms. The van der Waals surface area contributed by atoms with Gasteiger partial charge in [0.05, 0.1) is 13.2 Å². The summed E-state index contributed by atoms with van der Waals surface area (Å²) in [5.74, 6) is -1.00. The molecule has 2 rings (SSSR count). The average molecular weight is 251 g/mol. The fraction of sp³-hybridized carbons (Fsp3) is 0.333. The van der Waals surface area contributed by atoms with Crippen molar-refractivity contribution >= 4 is 11.9 Å². The lowest BCUT2D eigenvalue weighted by atomic mass is 10.1. The molecule has 1 aliphatic heterocycles. The zero-order valence-corrected chi connectivity index (χ0v) is 9.55. The number of rotatable bonds is 4. The van der Waals surface area contributed by atoms with Gasteiger partial charge in [-0.15, -0.1) is 0 Å². The number of aliphatic hydroxyl groups excluding tert-OH is 1. The van der Waals surface area contributed by atoms with E-state index in [2.05, 4.69) is 5.32 Å². The van der Waals surface area contributed by atoms with Gasteiger partial charge in [-0.3, -0.25) is 4.79 Å². The van der Waals surface area contributed by atoms with Crippen molar-refractivity contribution in [2.45, 2.75) is 12.5 Å². The van der Waals surface area contributed by atoms with E-state index in [-0.39, 0.29) is 6.54 Å². The first-order valence-electron chi connectivity index (χ1n) is 5.52. The number of amides is 1. The fourth-order valence-corrected chi connectivity index (χ4v) is 1.71. The molecule has 0 fully saturated rings. The molecule has 1 atom stereocenters. The van der Waals surface area contributed by atoms with Gasteiger partial charge in [-0.25, -0.2) is 4.79 Å². The molecule has 1 aromatic rings. The van der Waals surface area contributed by atoms with Crippen molar-refractivity contribution < 1.29 is 24.5 Å². The molecular weight excluding hydrogens is 238 g/mol. The van der Waals surface area contributed by atoms with Crippen LogP contribution in [0, 0.1) is 0 Å². The molecule has 0 bridgehead atoms. The van der Waals surface area contributed by atoms with Gasteiger partial charge >= 0.3 is 5.97 Å². The first kappa shape index (κ1) is 12.4. The molecule has 0 unspecified atom stereocenters. The highest BCUT2D eigenvalue weighted by atomic mass is 16.5. The van der Waals surface area contributed by atoms with E-state index >= 15 is 0 Å². The second-order valence-corrected chi connectivity index (χ2v) is 3.99. The number of ether oxygens (including phenoxy) is 1. The highest BCUT2D eigenvalue weighted by Gasteiger charge is 2.17. The van der Waals surface area contributed by atoms with Crippen molar-refractivity contribution in [3.8, 4) is 5.75 Å². The smallest absolute Gasteiger partial charge is 0.334 e. The maximum absolute atomic E-state index is 11.7. The van der Waals surface area contributed by atoms with Crippen LogP contribution in [-0.4, -0.2) is 41.3 Å². The van der Waals surface area contributed by atoms with Crippen molar-refractivity contribution in [2.75, 3.05) is 13.2 Å². The minimum Gasteiger partial charge on any atom is -0.493 e. The minimum absolute atomic E-state index is 0.318. The number of carbonyl (C=O) groups is 2. The van der Waals surface area contributed by atoms with Crippen LogP contribution in [0.3, 0.4) is 0 Å². The van der Waals surface area contributed by atoms with E-state index in [1.54, 1.807) is 18.2 Å². The number of fused-ring (bicyclic) bond motifs is 1. The number of carbonyl (C=O) groups excluding carboxylic acids is 1. The van der Waals surface area contributed by atoms with Gasteiger partial charge in [0.15, 0.2) is 6.10 Å². The van der Waals surface area contributed by atoms with Crippen molar-refractivity contribution in [1.29, 1.82) is 0 Å². The van der Waals surface area contributed by atoms with Crippen LogP contribution >= 0.6 is 0 Å². The summed E-state index contributed by atoms with van der Waals surface area (Å²) in [4.78, 5) is 22.1. The van der Waals surface area contributed by atoms with E-state index in [4.69, 9.17) is 14.9 Å². The van der Waals surface area contributed by atoms with E-state index in [0.717, 1.165) is 17.7 Å². The van der Waals surface area contributed by atoms with Gasteiger partial charge in [-0.1, -0.05) is 0 Å². The molecule has 0 spiro atoms. The van der Waals surface area contributed by atoms with Gasteiger partial charge in [0.25, 0.3) is 5.91 Å². The van der Waals surface area contributed by atoms with Crippen LogP contribution in [0.15, 0.2) is 18.2 Å². The summed E-state index contributed by atoms with van der Waals surface area (Å²) in [5.41, 5.74) is 1.39. The predicted octanol–water partition coefficient (Wildman–Crippen LogP) is -0.203. The Hall–Kier alpha value is -2.08. The van der Waals surface area contributed by atoms with Crippen LogP contribution in [-0.2, 0) is 11.2 Å². The summed E-state index contributed by atoms with van der Waals surface area (Å²) < 4.78 is 5.31. The van der Waals surface area contributed by atoms with Gasteiger partial charge in [0, 0.05) is 12.0 Å². The van der Waals surface area contributed by atoms with Gasteiger partial charge in [0.2, 0.25) is 0 Å². The van der Waals surface area contributed by atoms with Crippen molar-refractivity contribution in [3.63, 3.8) is 0 Å². The topological polar surface area (TPSA) is 95.9 Å². The van der Waals surface area contributed by atoms with Crippen LogP contribution in [0.1, 0.15) is 15.9 Å². The first-order chi connectivity index (χ1) is 8.58. The van der Waals surface area contributed by atoms with E-state index < -0.39 is 18.0 Å². The molecule has 1 aromatic carbocycles. The Morgan fingerprint density at radius 3 is 2.94 bits per heavy atom. The largest absolute Gasteiger partial charge is 0.493 e. The Labute approximate surface area is 103 Å². The molecule has 3 N–H and O–H groups in total. The molecule has 0 saturated heterocycles. The summed E-state index contributed by atoms with van der Waals surface area (Å²) in [5, 5.41) is 19.9. The summed E-state index contributed by atoms with van der Waals surface area (Å²) in [6, 6.07) is 5.03. The summed E-state index contributed by atoms with van der Waals surface area (Å²) in [6.45, 7) is 0.292. The Bertz CT molecular complexity index is 485. The Balaban J connectivity index is 1.99. The molecule has 1 amide bonds. The Morgan fingerprint density at radius 2 is 2.22 bits per heavy atom. The number of carboxylic acids is 1. The maximum atomic E-state index is 11.7. The van der Waals surface area contributed by atoms with Crippen LogP contribution < -0.4 is 10.1 Å². The summed E-state index contributed by atoms with van der Waals surface area (Å²) in [7, 11) is 0. The van der Waals surface area contributed by atoms with E-state index in [9.17, 15) is 9.59 Å². The quantitative estimate of drug-likeness (QED) is 0.688. The van der Waals surface area contributed by atoms with Crippen molar-refractivity contribution in [2.24, 2.45) is 0 Å². The predicted molar refractivity (Wildman–Crippen MR) is 61.6 cm³/mol. The fourth-order valence-electron chi connectivity index (χ4n) is 1.71. The number of hydrogen-bond acceptors (Lipinski definition) is 4. The molecule has 6 heteroatoms. The van der Waals surface area contributed by atoms with Crippen molar-refractivity contribution in [3.05, 3.63) is 29.3 Å². The Kier molecular flexibility index (Phi) is 3.47. The first-order valence-corrected chi connectivity index (χ1v) is 5.52. The number of aliphatic hydroxyl groups is 1. The van der Waals surface area contributed by atoms with Gasteiger partial charge in [-0.2, -0.15) is 0 Å². The number of carboxylic acid groups (broad SMARTS) is 1. The second kappa shape index (κ2) is 5.05. The third kappa shape index (κ3) is 2.60. The van der Waals surface area contributed by atoms with E-state index in [0.29, 0.717) is 12.2 Å². The SMILES string of the molecule is O=C(NC[C@H](O)C(=O)O)c1ccc2c(c1)CCO2. The lowest BCUT2D eigenvalue weighted by molar-refractivity contribution is -0.146. The molecule has 0 aromatic heterocycles. The lowest BCUT2D eigenvalue weighted by Crippen LogP contribution is -2.36. The van der Waals surface area contributed by atoms with Crippen LogP contribution in [0.2, 0.25) is 0 Å². The zero-order chi connectivity index (χ0) is 13.1. The normalized spacial score (nSPS) is 14.5. The molecule has 1 heterocycles. The number of hydrogen-bond donors (Lipinski definition) is 3. The zero-order valence-electron chi connectivity index (χ0n) is 9.55. The number of benzene rings is 1. The molecular formula is C12H13NO5. The highest BCUT2D eigenvalue weighted by Crippen LogP contribution is 2.25. The monoisotopic (exact) mass is 251 g/mol. The molecule has 0 aliphatic carbocycles. The number of nitrogens with one attached hydrogen (secondary N) is 1. The lowest BCUT2D eigenvalue weighted by Gasteiger charge is -2.08. The van der Waals surface area contributed by atoms with Gasteiger partial charge in [-0.05, 0) is 23.8 Å². The van der Waals surface area contributed by atoms with Gasteiger partial charge < -0.3 is 20.3 Å². The van der Waals surface area contributed by atoms with Gasteiger partial charge in [0.1, 0.15) is 5.75 Å².